The molecule has 1 amide bonds. The molecule has 2 fully saturated rings. The van der Waals surface area contributed by atoms with Gasteiger partial charge in [0.15, 0.2) is 0 Å². The van der Waals surface area contributed by atoms with Crippen LogP contribution in [0.5, 0.6) is 0 Å². The molecular weight excluding hydrogens is 454 g/mol. The minimum atomic E-state index is -0.293. The first-order valence-electron chi connectivity index (χ1n) is 10.8. The number of nitriles is 1. The molecule has 0 unspecified atom stereocenters. The number of para-hydroxylation sites is 1. The molecule has 4 rings (SSSR count). The molecule has 1 aromatic heterocycles. The molecule has 1 aromatic carbocycles. The maximum Gasteiger partial charge on any atom is 0.270 e. The lowest BCUT2D eigenvalue weighted by molar-refractivity contribution is -0.121. The summed E-state index contributed by atoms with van der Waals surface area (Å²) < 4.78 is 2.15. The number of amides is 1. The number of hydrogen-bond acceptors (Lipinski definition) is 7. The van der Waals surface area contributed by atoms with Gasteiger partial charge in [-0.3, -0.25) is 19.1 Å². The number of rotatable bonds is 4. The average molecular weight is 480 g/mol. The van der Waals surface area contributed by atoms with Crippen LogP contribution in [0.4, 0.5) is 11.5 Å². The van der Waals surface area contributed by atoms with E-state index >= 15 is 0 Å². The highest BCUT2D eigenvalue weighted by atomic mass is 32.2. The molecule has 2 aliphatic heterocycles. The number of piperazine rings is 1. The highest BCUT2D eigenvalue weighted by Gasteiger charge is 2.31. The number of anilines is 2. The van der Waals surface area contributed by atoms with E-state index in [1.165, 1.54) is 22.3 Å². The fourth-order valence-electron chi connectivity index (χ4n) is 4.27. The number of benzene rings is 1. The van der Waals surface area contributed by atoms with E-state index in [0.717, 1.165) is 37.6 Å². The van der Waals surface area contributed by atoms with Gasteiger partial charge in [-0.25, -0.2) is 0 Å². The molecule has 2 aliphatic rings. The second-order valence-electron chi connectivity index (χ2n) is 7.95. The average Bonchev–Trinajstić information content (AvgIpc) is 3.08. The standard InChI is InChI=1S/C24H25N5O2S2/c1-4-29-21(28-12-10-27(11-13-28)17-8-6-5-7-9-17)18(16(2)19(15-25)22(29)30)14-20-23(31)26(3)24(32)33-20/h5-9,14H,4,10-13H2,1-3H3/b20-14+. The molecule has 0 radical (unpaired) electrons. The number of thioether (sulfide) groups is 1. The van der Waals surface area contributed by atoms with Crippen LogP contribution in [0.25, 0.3) is 6.08 Å². The SMILES string of the molecule is CCn1c(N2CCN(c3ccccc3)CC2)c(/C=C2/SC(=S)N(C)C2=O)c(C)c(C#N)c1=O. The van der Waals surface area contributed by atoms with E-state index in [9.17, 15) is 14.9 Å². The lowest BCUT2D eigenvalue weighted by Gasteiger charge is -2.39. The van der Waals surface area contributed by atoms with Gasteiger partial charge in [0.05, 0.1) is 4.91 Å². The van der Waals surface area contributed by atoms with Gasteiger partial charge in [0.1, 0.15) is 21.8 Å². The quantitative estimate of drug-likeness (QED) is 0.493. The van der Waals surface area contributed by atoms with Crippen LogP contribution >= 0.6 is 24.0 Å². The Hall–Kier alpha value is -3.09. The summed E-state index contributed by atoms with van der Waals surface area (Å²) in [4.78, 5) is 32.3. The zero-order chi connectivity index (χ0) is 23.7. The van der Waals surface area contributed by atoms with Crippen molar-refractivity contribution in [3.8, 4) is 6.07 Å². The van der Waals surface area contributed by atoms with E-state index in [-0.39, 0.29) is 17.0 Å². The Morgan fingerprint density at radius 1 is 1.12 bits per heavy atom. The van der Waals surface area contributed by atoms with Crippen LogP contribution < -0.4 is 15.4 Å². The Labute approximate surface area is 202 Å². The first-order valence-corrected chi connectivity index (χ1v) is 12.0. The number of likely N-dealkylation sites (N-methyl/N-ethyl adjacent to an activating group) is 1. The highest BCUT2D eigenvalue weighted by molar-refractivity contribution is 8.26. The second kappa shape index (κ2) is 9.41. The van der Waals surface area contributed by atoms with Gasteiger partial charge in [-0.1, -0.05) is 42.2 Å². The third-order valence-electron chi connectivity index (χ3n) is 6.13. The molecule has 0 N–H and O–H groups in total. The number of hydrogen-bond donors (Lipinski definition) is 0. The van der Waals surface area contributed by atoms with Crippen molar-refractivity contribution in [3.05, 3.63) is 62.3 Å². The van der Waals surface area contributed by atoms with E-state index in [2.05, 4.69) is 28.0 Å². The van der Waals surface area contributed by atoms with Crippen molar-refractivity contribution < 1.29 is 4.79 Å². The molecule has 170 valence electrons. The molecule has 0 bridgehead atoms. The molecule has 3 heterocycles. The third kappa shape index (κ3) is 4.16. The van der Waals surface area contributed by atoms with Gasteiger partial charge in [-0.05, 0) is 37.6 Å². The van der Waals surface area contributed by atoms with Crippen LogP contribution in [0.2, 0.25) is 0 Å². The van der Waals surface area contributed by atoms with Crippen LogP contribution in [0.1, 0.15) is 23.6 Å². The van der Waals surface area contributed by atoms with Gasteiger partial charge < -0.3 is 9.80 Å². The summed E-state index contributed by atoms with van der Waals surface area (Å²) in [6, 6.07) is 12.3. The first-order chi connectivity index (χ1) is 15.9. The zero-order valence-corrected chi connectivity index (χ0v) is 20.5. The molecule has 0 saturated carbocycles. The van der Waals surface area contributed by atoms with Crippen molar-refractivity contribution in [1.29, 1.82) is 5.26 Å². The van der Waals surface area contributed by atoms with Gasteiger partial charge in [-0.15, -0.1) is 0 Å². The fraction of sp³-hybridized carbons (Fsp3) is 0.333. The predicted molar refractivity (Wildman–Crippen MR) is 138 cm³/mol. The van der Waals surface area contributed by atoms with E-state index in [1.807, 2.05) is 25.1 Å². The molecular formula is C24H25N5O2S2. The number of aromatic nitrogens is 1. The largest absolute Gasteiger partial charge is 0.368 e. The van der Waals surface area contributed by atoms with Crippen molar-refractivity contribution in [2.45, 2.75) is 20.4 Å². The van der Waals surface area contributed by atoms with Crippen LogP contribution in [-0.2, 0) is 11.3 Å². The Bertz CT molecular complexity index is 1240. The Balaban J connectivity index is 1.79. The minimum Gasteiger partial charge on any atom is -0.368 e. The topological polar surface area (TPSA) is 72.6 Å². The van der Waals surface area contributed by atoms with Crippen molar-refractivity contribution >= 4 is 51.8 Å². The summed E-state index contributed by atoms with van der Waals surface area (Å²) in [6.07, 6.45) is 1.80. The molecule has 0 atom stereocenters. The predicted octanol–water partition coefficient (Wildman–Crippen LogP) is 3.21. The molecule has 7 nitrogen and oxygen atoms in total. The first kappa shape index (κ1) is 23.1. The third-order valence-corrected chi connectivity index (χ3v) is 7.61. The molecule has 2 aromatic rings. The van der Waals surface area contributed by atoms with Crippen LogP contribution in [0.3, 0.4) is 0 Å². The molecule has 9 heteroatoms. The van der Waals surface area contributed by atoms with Gasteiger partial charge in [0, 0.05) is 51.0 Å². The number of carbonyl (C=O) groups excluding carboxylic acids is 1. The zero-order valence-electron chi connectivity index (χ0n) is 18.9. The molecule has 0 spiro atoms. The van der Waals surface area contributed by atoms with Gasteiger partial charge >= 0.3 is 0 Å². The Morgan fingerprint density at radius 2 is 1.76 bits per heavy atom. The number of thiocarbonyl (C=S) groups is 1. The fourth-order valence-corrected chi connectivity index (χ4v) is 5.43. The van der Waals surface area contributed by atoms with Crippen LogP contribution in [0, 0.1) is 18.3 Å². The summed E-state index contributed by atoms with van der Waals surface area (Å²) in [5.41, 5.74) is 2.32. The minimum absolute atomic E-state index is 0.113. The van der Waals surface area contributed by atoms with Crippen LogP contribution in [-0.4, -0.2) is 52.9 Å². The summed E-state index contributed by atoms with van der Waals surface area (Å²) in [5.74, 6) is 0.588. The summed E-state index contributed by atoms with van der Waals surface area (Å²) in [7, 11) is 1.66. The second-order valence-corrected chi connectivity index (χ2v) is 9.62. The Morgan fingerprint density at radius 3 is 2.30 bits per heavy atom. The summed E-state index contributed by atoms with van der Waals surface area (Å²) in [6.45, 7) is 7.15. The van der Waals surface area contributed by atoms with E-state index in [1.54, 1.807) is 24.6 Å². The smallest absolute Gasteiger partial charge is 0.270 e. The highest BCUT2D eigenvalue weighted by Crippen LogP contribution is 2.35. The van der Waals surface area contributed by atoms with Gasteiger partial charge in [0.2, 0.25) is 0 Å². The number of nitrogens with zero attached hydrogens (tertiary/aromatic N) is 5. The monoisotopic (exact) mass is 479 g/mol. The molecule has 2 saturated heterocycles. The maximum absolute atomic E-state index is 13.1. The van der Waals surface area contributed by atoms with Crippen molar-refractivity contribution in [1.82, 2.24) is 9.47 Å². The number of pyridine rings is 1. The number of carbonyl (C=O) groups is 1. The molecule has 0 aliphatic carbocycles. The van der Waals surface area contributed by atoms with E-state index < -0.39 is 0 Å². The normalized spacial score (nSPS) is 17.8. The van der Waals surface area contributed by atoms with Crippen molar-refractivity contribution in [2.24, 2.45) is 0 Å². The van der Waals surface area contributed by atoms with Crippen molar-refractivity contribution in [3.63, 3.8) is 0 Å². The van der Waals surface area contributed by atoms with Crippen LogP contribution in [0.15, 0.2) is 40.0 Å². The lowest BCUT2D eigenvalue weighted by Crippen LogP contribution is -2.48. The Kier molecular flexibility index (Phi) is 6.58. The van der Waals surface area contributed by atoms with E-state index in [0.29, 0.717) is 21.3 Å². The molecule has 33 heavy (non-hydrogen) atoms. The van der Waals surface area contributed by atoms with Crippen molar-refractivity contribution in [2.75, 3.05) is 43.0 Å². The summed E-state index contributed by atoms with van der Waals surface area (Å²) >= 11 is 6.53. The lowest BCUT2D eigenvalue weighted by atomic mass is 10.0. The summed E-state index contributed by atoms with van der Waals surface area (Å²) in [5, 5.41) is 9.70. The van der Waals surface area contributed by atoms with Gasteiger partial charge in [0.25, 0.3) is 11.5 Å². The maximum atomic E-state index is 13.1. The van der Waals surface area contributed by atoms with E-state index in [4.69, 9.17) is 12.2 Å². The van der Waals surface area contributed by atoms with Gasteiger partial charge in [-0.2, -0.15) is 5.26 Å².